The van der Waals surface area contributed by atoms with Gasteiger partial charge in [-0.25, -0.2) is 27.7 Å². The number of aromatic nitrogens is 6. The molecule has 0 radical (unpaired) electrons. The molecule has 4 heterocycles. The number of rotatable bonds is 5. The predicted molar refractivity (Wildman–Crippen MR) is 130 cm³/mol. The van der Waals surface area contributed by atoms with Crippen molar-refractivity contribution in [3.63, 3.8) is 0 Å². The zero-order valence-corrected chi connectivity index (χ0v) is 20.8. The van der Waals surface area contributed by atoms with Gasteiger partial charge in [-0.2, -0.15) is 13.2 Å². The minimum absolute atomic E-state index is 0.0208. The van der Waals surface area contributed by atoms with E-state index in [9.17, 15) is 21.6 Å². The maximum absolute atomic E-state index is 13.8. The monoisotopic (exact) mass is 532 g/mol. The van der Waals surface area contributed by atoms with Crippen molar-refractivity contribution in [1.82, 2.24) is 33.8 Å². The summed E-state index contributed by atoms with van der Waals surface area (Å²) in [4.78, 5) is 20.9. The van der Waals surface area contributed by atoms with Crippen molar-refractivity contribution in [2.24, 2.45) is 0 Å². The SMILES string of the molecule is Cc1c(-n2cnc(-c3nc(NC4CCN(S(C)(=O)=O)CC4)ncc3C(F)(F)F)c2)ccc2nccnc12. The maximum atomic E-state index is 13.8. The smallest absolute Gasteiger partial charge is 0.351 e. The highest BCUT2D eigenvalue weighted by molar-refractivity contribution is 7.88. The van der Waals surface area contributed by atoms with Crippen LogP contribution in [0.15, 0.2) is 43.2 Å². The van der Waals surface area contributed by atoms with Gasteiger partial charge >= 0.3 is 6.18 Å². The number of benzene rings is 1. The van der Waals surface area contributed by atoms with Gasteiger partial charge in [-0.15, -0.1) is 0 Å². The molecule has 1 N–H and O–H groups in total. The third-order valence-electron chi connectivity index (χ3n) is 6.32. The molecule has 4 aromatic rings. The molecule has 0 aliphatic carbocycles. The summed E-state index contributed by atoms with van der Waals surface area (Å²) in [5.41, 5.74) is 1.57. The van der Waals surface area contributed by atoms with Crippen LogP contribution < -0.4 is 5.32 Å². The summed E-state index contributed by atoms with van der Waals surface area (Å²) in [5, 5.41) is 3.05. The second-order valence-corrected chi connectivity index (χ2v) is 10.8. The zero-order chi connectivity index (χ0) is 26.4. The van der Waals surface area contributed by atoms with E-state index >= 15 is 0 Å². The van der Waals surface area contributed by atoms with Crippen LogP contribution in [0.4, 0.5) is 19.1 Å². The summed E-state index contributed by atoms with van der Waals surface area (Å²) in [6.07, 6.45) is 4.24. The van der Waals surface area contributed by atoms with E-state index in [0.29, 0.717) is 42.7 Å². The minimum Gasteiger partial charge on any atom is -0.351 e. The maximum Gasteiger partial charge on any atom is 0.420 e. The lowest BCUT2D eigenvalue weighted by Crippen LogP contribution is -2.42. The first-order chi connectivity index (χ1) is 17.5. The molecule has 0 bridgehead atoms. The molecule has 1 saturated heterocycles. The number of imidazole rings is 1. The highest BCUT2D eigenvalue weighted by Gasteiger charge is 2.36. The molecule has 0 amide bonds. The van der Waals surface area contributed by atoms with E-state index in [2.05, 4.69) is 30.2 Å². The standard InChI is InChI=1S/C23H23F3N8O2S/c1-14-19(4-3-17-20(14)28-8-7-27-17)33-12-18(30-13-33)21-16(23(24,25)26)11-29-22(32-21)31-15-5-9-34(10-6-15)37(2,35)36/h3-4,7-8,11-13,15H,5-6,9-10H2,1-2H3,(H,29,31,32). The number of hydrogen-bond donors (Lipinski definition) is 1. The van der Waals surface area contributed by atoms with Gasteiger partial charge in [0.15, 0.2) is 0 Å². The molecule has 0 unspecified atom stereocenters. The fraction of sp³-hybridized carbons (Fsp3) is 0.348. The summed E-state index contributed by atoms with van der Waals surface area (Å²) < 4.78 is 68.0. The molecular weight excluding hydrogens is 509 g/mol. The van der Waals surface area contributed by atoms with Crippen LogP contribution in [-0.4, -0.2) is 67.6 Å². The molecule has 37 heavy (non-hydrogen) atoms. The molecule has 0 atom stereocenters. The number of hydrogen-bond acceptors (Lipinski definition) is 8. The van der Waals surface area contributed by atoms with E-state index in [1.165, 1.54) is 16.8 Å². The predicted octanol–water partition coefficient (Wildman–Crippen LogP) is 3.44. The van der Waals surface area contributed by atoms with Crippen LogP contribution in [0.2, 0.25) is 0 Å². The summed E-state index contributed by atoms with van der Waals surface area (Å²) in [6, 6.07) is 3.41. The number of nitrogens with one attached hydrogen (secondary N) is 1. The van der Waals surface area contributed by atoms with Crippen LogP contribution in [0.5, 0.6) is 0 Å². The highest BCUT2D eigenvalue weighted by Crippen LogP contribution is 2.36. The van der Waals surface area contributed by atoms with Crippen molar-refractivity contribution < 1.29 is 21.6 Å². The van der Waals surface area contributed by atoms with Crippen LogP contribution in [0, 0.1) is 6.92 Å². The second-order valence-electron chi connectivity index (χ2n) is 8.83. The number of nitrogens with zero attached hydrogens (tertiary/aromatic N) is 7. The van der Waals surface area contributed by atoms with Gasteiger partial charge in [0.2, 0.25) is 16.0 Å². The van der Waals surface area contributed by atoms with Gasteiger partial charge in [0.1, 0.15) is 17.0 Å². The number of piperidine rings is 1. The Morgan fingerprint density at radius 1 is 1.05 bits per heavy atom. The van der Waals surface area contributed by atoms with Crippen molar-refractivity contribution in [2.75, 3.05) is 24.7 Å². The van der Waals surface area contributed by atoms with E-state index in [4.69, 9.17) is 0 Å². The van der Waals surface area contributed by atoms with E-state index in [-0.39, 0.29) is 23.4 Å². The van der Waals surface area contributed by atoms with Crippen molar-refractivity contribution in [3.8, 4) is 17.1 Å². The Bertz CT molecular complexity index is 1560. The molecule has 14 heteroatoms. The van der Waals surface area contributed by atoms with Gasteiger partial charge in [-0.3, -0.25) is 9.97 Å². The number of anilines is 1. The van der Waals surface area contributed by atoms with Crippen molar-refractivity contribution in [3.05, 3.63) is 54.4 Å². The van der Waals surface area contributed by atoms with Crippen molar-refractivity contribution >= 4 is 27.0 Å². The number of halogens is 3. The van der Waals surface area contributed by atoms with Crippen LogP contribution >= 0.6 is 0 Å². The molecule has 1 aromatic carbocycles. The van der Waals surface area contributed by atoms with Gasteiger partial charge in [0.25, 0.3) is 0 Å². The fourth-order valence-corrected chi connectivity index (χ4v) is 5.26. The lowest BCUT2D eigenvalue weighted by atomic mass is 10.1. The Labute approximate surface area is 210 Å². The molecular formula is C23H23F3N8O2S. The van der Waals surface area contributed by atoms with Crippen LogP contribution in [0.1, 0.15) is 24.0 Å². The molecule has 1 aliphatic rings. The third kappa shape index (κ3) is 5.11. The number of aryl methyl sites for hydroxylation is 1. The Hall–Kier alpha value is -3.65. The van der Waals surface area contributed by atoms with Crippen molar-refractivity contribution in [1.29, 1.82) is 0 Å². The van der Waals surface area contributed by atoms with Crippen molar-refractivity contribution in [2.45, 2.75) is 32.0 Å². The minimum atomic E-state index is -4.69. The molecule has 10 nitrogen and oxygen atoms in total. The van der Waals surface area contributed by atoms with Crippen LogP contribution in [0.3, 0.4) is 0 Å². The third-order valence-corrected chi connectivity index (χ3v) is 7.62. The molecule has 1 fully saturated rings. The first kappa shape index (κ1) is 25.0. The number of alkyl halides is 3. The van der Waals surface area contributed by atoms with Gasteiger partial charge in [-0.1, -0.05) is 0 Å². The van der Waals surface area contributed by atoms with Crippen LogP contribution in [0.25, 0.3) is 28.1 Å². The lowest BCUT2D eigenvalue weighted by Gasteiger charge is -2.30. The summed E-state index contributed by atoms with van der Waals surface area (Å²) >= 11 is 0. The first-order valence-corrected chi connectivity index (χ1v) is 13.3. The normalized spacial score (nSPS) is 15.8. The summed E-state index contributed by atoms with van der Waals surface area (Å²) in [5.74, 6) is 0.0208. The van der Waals surface area contributed by atoms with Gasteiger partial charge in [-0.05, 0) is 31.9 Å². The first-order valence-electron chi connectivity index (χ1n) is 11.4. The molecule has 194 valence electrons. The Balaban J connectivity index is 1.45. The van der Waals surface area contributed by atoms with Gasteiger partial charge in [0.05, 0.1) is 29.3 Å². The molecule has 1 aliphatic heterocycles. The summed E-state index contributed by atoms with van der Waals surface area (Å²) in [6.45, 7) is 2.47. The Kier molecular flexibility index (Phi) is 6.31. The lowest BCUT2D eigenvalue weighted by molar-refractivity contribution is -0.137. The highest BCUT2D eigenvalue weighted by atomic mass is 32.2. The number of fused-ring (bicyclic) bond motifs is 1. The molecule has 3 aromatic heterocycles. The van der Waals surface area contributed by atoms with E-state index in [1.54, 1.807) is 29.1 Å². The second kappa shape index (κ2) is 9.34. The van der Waals surface area contributed by atoms with E-state index < -0.39 is 21.8 Å². The average molecular weight is 533 g/mol. The van der Waals surface area contributed by atoms with Crippen LogP contribution in [-0.2, 0) is 16.2 Å². The largest absolute Gasteiger partial charge is 0.420 e. The van der Waals surface area contributed by atoms with E-state index in [0.717, 1.165) is 18.0 Å². The number of sulfonamides is 1. The molecule has 0 spiro atoms. The topological polar surface area (TPSA) is 119 Å². The van der Waals surface area contributed by atoms with Gasteiger partial charge in [0, 0.05) is 49.5 Å². The average Bonchev–Trinajstić information content (AvgIpc) is 3.33. The molecule has 0 saturated carbocycles. The Morgan fingerprint density at radius 2 is 1.78 bits per heavy atom. The van der Waals surface area contributed by atoms with Gasteiger partial charge < -0.3 is 9.88 Å². The zero-order valence-electron chi connectivity index (χ0n) is 19.9. The summed E-state index contributed by atoms with van der Waals surface area (Å²) in [7, 11) is -3.29. The van der Waals surface area contributed by atoms with E-state index in [1.807, 2.05) is 6.92 Å². The Morgan fingerprint density at radius 3 is 2.49 bits per heavy atom. The fourth-order valence-electron chi connectivity index (χ4n) is 4.39. The quantitative estimate of drug-likeness (QED) is 0.415. The molecule has 5 rings (SSSR count).